The van der Waals surface area contributed by atoms with Crippen LogP contribution in [0.1, 0.15) is 33.6 Å². The van der Waals surface area contributed by atoms with Crippen molar-refractivity contribution in [2.24, 2.45) is 5.92 Å². The lowest BCUT2D eigenvalue weighted by atomic mass is 9.75. The van der Waals surface area contributed by atoms with Gasteiger partial charge < -0.3 is 19.3 Å². The summed E-state index contributed by atoms with van der Waals surface area (Å²) in [4.78, 5) is 11.6. The van der Waals surface area contributed by atoms with Crippen LogP contribution in [0.3, 0.4) is 0 Å². The van der Waals surface area contributed by atoms with E-state index in [-0.39, 0.29) is 24.5 Å². The lowest BCUT2D eigenvalue weighted by Gasteiger charge is -2.38. The molecule has 98 valence electrons. The van der Waals surface area contributed by atoms with Gasteiger partial charge in [-0.3, -0.25) is 0 Å². The Hall–Kier alpha value is -0.650. The summed E-state index contributed by atoms with van der Waals surface area (Å²) in [6.45, 7) is 5.64. The second kappa shape index (κ2) is 3.93. The van der Waals surface area contributed by atoms with Crippen LogP contribution in [0.4, 0.5) is 0 Å². The van der Waals surface area contributed by atoms with Gasteiger partial charge in [0.2, 0.25) is 0 Å². The molecule has 0 aromatic heterocycles. The number of carbonyl (C=O) groups is 1. The Morgan fingerprint density at radius 2 is 2.00 bits per heavy atom. The van der Waals surface area contributed by atoms with E-state index in [9.17, 15) is 9.90 Å². The van der Waals surface area contributed by atoms with Gasteiger partial charge in [-0.1, -0.05) is 6.92 Å². The minimum Gasteiger partial charge on any atom is -0.467 e. The van der Waals surface area contributed by atoms with Gasteiger partial charge in [0.1, 0.15) is 0 Å². The van der Waals surface area contributed by atoms with Crippen LogP contribution in [0, 0.1) is 5.92 Å². The maximum absolute atomic E-state index is 11.6. The largest absolute Gasteiger partial charge is 0.467 e. The quantitative estimate of drug-likeness (QED) is 0.692. The molecule has 1 saturated heterocycles. The summed E-state index contributed by atoms with van der Waals surface area (Å²) in [5.74, 6) is -1.18. The summed E-state index contributed by atoms with van der Waals surface area (Å²) >= 11 is 0. The number of aliphatic hydroxyl groups is 1. The van der Waals surface area contributed by atoms with Crippen LogP contribution >= 0.6 is 0 Å². The van der Waals surface area contributed by atoms with E-state index in [1.54, 1.807) is 0 Å². The van der Waals surface area contributed by atoms with Crippen LogP contribution in [0.2, 0.25) is 0 Å². The normalized spacial score (nSPS) is 44.2. The Balaban J connectivity index is 2.18. The topological polar surface area (TPSA) is 65.0 Å². The van der Waals surface area contributed by atoms with Crippen LogP contribution in [-0.2, 0) is 19.0 Å². The van der Waals surface area contributed by atoms with E-state index in [1.807, 2.05) is 20.8 Å². The van der Waals surface area contributed by atoms with Gasteiger partial charge in [0.25, 0.3) is 0 Å². The van der Waals surface area contributed by atoms with Crippen molar-refractivity contribution in [3.63, 3.8) is 0 Å². The maximum atomic E-state index is 11.6. The van der Waals surface area contributed by atoms with Crippen molar-refractivity contribution in [3.05, 3.63) is 0 Å². The number of fused-ring (bicyclic) bond motifs is 1. The molecule has 1 N–H and O–H groups in total. The molecule has 17 heavy (non-hydrogen) atoms. The fraction of sp³-hybridized carbons (Fsp3) is 0.917. The maximum Gasteiger partial charge on any atom is 0.337 e. The van der Waals surface area contributed by atoms with E-state index in [0.29, 0.717) is 6.42 Å². The van der Waals surface area contributed by atoms with Gasteiger partial charge >= 0.3 is 5.97 Å². The molecule has 2 aliphatic rings. The smallest absolute Gasteiger partial charge is 0.337 e. The van der Waals surface area contributed by atoms with E-state index in [1.165, 1.54) is 7.11 Å². The average Bonchev–Trinajstić information content (AvgIpc) is 2.51. The summed E-state index contributed by atoms with van der Waals surface area (Å²) < 4.78 is 16.2. The van der Waals surface area contributed by atoms with Gasteiger partial charge in [-0.05, 0) is 26.2 Å². The van der Waals surface area contributed by atoms with Crippen molar-refractivity contribution in [2.45, 2.75) is 57.2 Å². The molecule has 1 aliphatic heterocycles. The first kappa shape index (κ1) is 12.8. The first-order chi connectivity index (χ1) is 7.77. The average molecular weight is 244 g/mol. The summed E-state index contributed by atoms with van der Waals surface area (Å²) in [5.41, 5.74) is -1.45. The standard InChI is InChI=1S/C12H20O5/c1-7-5-12(14,10(13)15-4)6-8-9(7)17-11(2,3)16-8/h7-9,14H,5-6H2,1-4H3/t7-,8?,9?,12?/m1/s1. The molecule has 0 spiro atoms. The van der Waals surface area contributed by atoms with Gasteiger partial charge in [0, 0.05) is 6.42 Å². The monoisotopic (exact) mass is 244 g/mol. The Bertz CT molecular complexity index is 327. The Morgan fingerprint density at radius 3 is 2.59 bits per heavy atom. The number of carbonyl (C=O) groups excluding carboxylic acids is 1. The fourth-order valence-corrected chi connectivity index (χ4v) is 2.93. The third kappa shape index (κ3) is 2.19. The second-order valence-electron chi connectivity index (χ2n) is 5.55. The molecule has 1 saturated carbocycles. The molecule has 0 aromatic carbocycles. The number of hydrogen-bond donors (Lipinski definition) is 1. The first-order valence-corrected chi connectivity index (χ1v) is 5.94. The molecule has 2 rings (SSSR count). The number of esters is 1. The predicted octanol–water partition coefficient (Wildman–Crippen LogP) is 0.840. The van der Waals surface area contributed by atoms with Crippen LogP contribution in [0.5, 0.6) is 0 Å². The van der Waals surface area contributed by atoms with Crippen molar-refractivity contribution in [1.29, 1.82) is 0 Å². The molecule has 0 amide bonds. The van der Waals surface area contributed by atoms with Crippen molar-refractivity contribution in [1.82, 2.24) is 0 Å². The lowest BCUT2D eigenvalue weighted by Crippen LogP contribution is -2.52. The fourth-order valence-electron chi connectivity index (χ4n) is 2.93. The molecule has 1 aliphatic carbocycles. The van der Waals surface area contributed by atoms with Gasteiger partial charge in [-0.25, -0.2) is 4.79 Å². The number of rotatable bonds is 1. The third-order valence-corrected chi connectivity index (χ3v) is 3.55. The van der Waals surface area contributed by atoms with Gasteiger partial charge in [0.15, 0.2) is 11.4 Å². The zero-order valence-electron chi connectivity index (χ0n) is 10.7. The Kier molecular flexibility index (Phi) is 2.96. The summed E-state index contributed by atoms with van der Waals surface area (Å²) in [5, 5.41) is 10.3. The molecule has 1 heterocycles. The van der Waals surface area contributed by atoms with Crippen molar-refractivity contribution < 1.29 is 24.1 Å². The Labute approximate surface area is 101 Å². The highest BCUT2D eigenvalue weighted by atomic mass is 16.8. The van der Waals surface area contributed by atoms with Gasteiger partial charge in [-0.2, -0.15) is 0 Å². The molecular weight excluding hydrogens is 224 g/mol. The van der Waals surface area contributed by atoms with Crippen molar-refractivity contribution in [2.75, 3.05) is 7.11 Å². The highest BCUT2D eigenvalue weighted by molar-refractivity contribution is 5.79. The summed E-state index contributed by atoms with van der Waals surface area (Å²) in [7, 11) is 1.28. The van der Waals surface area contributed by atoms with E-state index in [4.69, 9.17) is 9.47 Å². The van der Waals surface area contributed by atoms with Gasteiger partial charge in [0.05, 0.1) is 19.3 Å². The number of methoxy groups -OCH3 is 1. The highest BCUT2D eigenvalue weighted by Gasteiger charge is 2.55. The summed E-state index contributed by atoms with van der Waals surface area (Å²) in [6.07, 6.45) is 0.269. The number of hydrogen-bond acceptors (Lipinski definition) is 5. The van der Waals surface area contributed by atoms with Crippen molar-refractivity contribution >= 4 is 5.97 Å². The number of ether oxygens (including phenoxy) is 3. The van der Waals surface area contributed by atoms with Crippen LogP contribution in [-0.4, -0.2) is 41.8 Å². The highest BCUT2D eigenvalue weighted by Crippen LogP contribution is 2.43. The molecule has 3 unspecified atom stereocenters. The molecule has 0 aromatic rings. The molecule has 4 atom stereocenters. The lowest BCUT2D eigenvalue weighted by molar-refractivity contribution is -0.174. The van der Waals surface area contributed by atoms with Crippen LogP contribution in [0.15, 0.2) is 0 Å². The third-order valence-electron chi connectivity index (χ3n) is 3.55. The minimum atomic E-state index is -1.45. The second-order valence-corrected chi connectivity index (χ2v) is 5.55. The van der Waals surface area contributed by atoms with Crippen LogP contribution < -0.4 is 0 Å². The van der Waals surface area contributed by atoms with Gasteiger partial charge in [-0.15, -0.1) is 0 Å². The van der Waals surface area contributed by atoms with E-state index in [0.717, 1.165) is 0 Å². The molecular formula is C12H20O5. The minimum absolute atomic E-state index is 0.0552. The van der Waals surface area contributed by atoms with E-state index < -0.39 is 17.4 Å². The predicted molar refractivity (Wildman–Crippen MR) is 59.2 cm³/mol. The zero-order chi connectivity index (χ0) is 12.8. The molecule has 0 radical (unpaired) electrons. The molecule has 5 heteroatoms. The molecule has 5 nitrogen and oxygen atoms in total. The van der Waals surface area contributed by atoms with E-state index in [2.05, 4.69) is 4.74 Å². The zero-order valence-corrected chi connectivity index (χ0v) is 10.7. The van der Waals surface area contributed by atoms with Crippen molar-refractivity contribution in [3.8, 4) is 0 Å². The summed E-state index contributed by atoms with van der Waals surface area (Å²) in [6, 6.07) is 0. The SMILES string of the molecule is COC(=O)C1(O)CC2OC(C)(C)OC2[C@H](C)C1. The Morgan fingerprint density at radius 1 is 1.35 bits per heavy atom. The molecule has 0 bridgehead atoms. The van der Waals surface area contributed by atoms with E-state index >= 15 is 0 Å². The molecule has 2 fully saturated rings. The van der Waals surface area contributed by atoms with Crippen LogP contribution in [0.25, 0.3) is 0 Å². The first-order valence-electron chi connectivity index (χ1n) is 5.94.